The van der Waals surface area contributed by atoms with Crippen LogP contribution in [0.15, 0.2) is 78.9 Å². The van der Waals surface area contributed by atoms with E-state index in [9.17, 15) is 9.00 Å². The van der Waals surface area contributed by atoms with Crippen LogP contribution < -0.4 is 10.6 Å². The number of anilines is 3. The SMILES string of the molecule is CS(=O)Cc1cccc(C(=O)Nc2ccc(Nc3ccccc3)cc2)c1. The Labute approximate surface area is 155 Å². The van der Waals surface area contributed by atoms with Gasteiger partial charge in [0.2, 0.25) is 0 Å². The fourth-order valence-corrected chi connectivity index (χ4v) is 3.21. The van der Waals surface area contributed by atoms with Crippen LogP contribution in [0, 0.1) is 0 Å². The Kier molecular flexibility index (Phi) is 5.81. The molecule has 1 amide bonds. The number of hydrogen-bond acceptors (Lipinski definition) is 3. The molecule has 0 heterocycles. The number of benzene rings is 3. The zero-order chi connectivity index (χ0) is 18.4. The summed E-state index contributed by atoms with van der Waals surface area (Å²) in [5.74, 6) is 0.263. The Balaban J connectivity index is 1.65. The van der Waals surface area contributed by atoms with Crippen molar-refractivity contribution in [3.05, 3.63) is 90.0 Å². The molecule has 0 saturated carbocycles. The predicted molar refractivity (Wildman–Crippen MR) is 108 cm³/mol. The van der Waals surface area contributed by atoms with Gasteiger partial charge in [-0.3, -0.25) is 9.00 Å². The average Bonchev–Trinajstić information content (AvgIpc) is 2.64. The molecule has 5 heteroatoms. The molecule has 0 fully saturated rings. The second-order valence-electron chi connectivity index (χ2n) is 5.94. The molecule has 0 radical (unpaired) electrons. The maximum atomic E-state index is 12.4. The van der Waals surface area contributed by atoms with Crippen molar-refractivity contribution in [1.82, 2.24) is 0 Å². The van der Waals surface area contributed by atoms with Crippen molar-refractivity contribution >= 4 is 33.8 Å². The monoisotopic (exact) mass is 364 g/mol. The van der Waals surface area contributed by atoms with Crippen LogP contribution in [-0.2, 0) is 16.6 Å². The first kappa shape index (κ1) is 17.9. The molecular formula is C21H20N2O2S. The van der Waals surface area contributed by atoms with E-state index in [1.54, 1.807) is 18.4 Å². The van der Waals surface area contributed by atoms with Crippen molar-refractivity contribution < 1.29 is 9.00 Å². The first-order valence-corrected chi connectivity index (χ1v) is 9.95. The van der Waals surface area contributed by atoms with Crippen molar-refractivity contribution in [2.24, 2.45) is 0 Å². The summed E-state index contributed by atoms with van der Waals surface area (Å²) < 4.78 is 11.4. The van der Waals surface area contributed by atoms with E-state index in [1.807, 2.05) is 66.7 Å². The molecule has 4 nitrogen and oxygen atoms in total. The summed E-state index contributed by atoms with van der Waals surface area (Å²) in [5.41, 5.74) is 4.12. The third-order valence-electron chi connectivity index (χ3n) is 3.76. The molecular weight excluding hydrogens is 344 g/mol. The lowest BCUT2D eigenvalue weighted by atomic mass is 10.1. The van der Waals surface area contributed by atoms with Gasteiger partial charge in [-0.25, -0.2) is 0 Å². The van der Waals surface area contributed by atoms with E-state index in [1.165, 1.54) is 0 Å². The summed E-state index contributed by atoms with van der Waals surface area (Å²) >= 11 is 0. The van der Waals surface area contributed by atoms with Gasteiger partial charge in [0.1, 0.15) is 0 Å². The van der Waals surface area contributed by atoms with E-state index in [-0.39, 0.29) is 5.91 Å². The van der Waals surface area contributed by atoms with Crippen molar-refractivity contribution in [3.8, 4) is 0 Å². The van der Waals surface area contributed by atoms with Crippen molar-refractivity contribution in [2.45, 2.75) is 5.75 Å². The number of carbonyl (C=O) groups excluding carboxylic acids is 1. The van der Waals surface area contributed by atoms with E-state index in [2.05, 4.69) is 10.6 Å². The number of carbonyl (C=O) groups is 1. The summed E-state index contributed by atoms with van der Waals surface area (Å²) in [6.07, 6.45) is 1.65. The van der Waals surface area contributed by atoms with Crippen LogP contribution in [0.25, 0.3) is 0 Å². The molecule has 26 heavy (non-hydrogen) atoms. The van der Waals surface area contributed by atoms with E-state index in [0.29, 0.717) is 11.3 Å². The molecule has 0 aliphatic carbocycles. The van der Waals surface area contributed by atoms with Gasteiger partial charge >= 0.3 is 0 Å². The van der Waals surface area contributed by atoms with Gasteiger partial charge in [-0.05, 0) is 54.1 Å². The average molecular weight is 364 g/mol. The Hall–Kier alpha value is -2.92. The molecule has 3 aromatic carbocycles. The van der Waals surface area contributed by atoms with Crippen LogP contribution in [0.1, 0.15) is 15.9 Å². The minimum Gasteiger partial charge on any atom is -0.356 e. The normalized spacial score (nSPS) is 11.6. The molecule has 3 aromatic rings. The van der Waals surface area contributed by atoms with Crippen molar-refractivity contribution in [2.75, 3.05) is 16.9 Å². The Morgan fingerprint density at radius 3 is 2.19 bits per heavy atom. The van der Waals surface area contributed by atoms with Crippen LogP contribution >= 0.6 is 0 Å². The summed E-state index contributed by atoms with van der Waals surface area (Å²) in [7, 11) is -0.934. The van der Waals surface area contributed by atoms with Gasteiger partial charge in [0.25, 0.3) is 5.91 Å². The number of rotatable bonds is 6. The number of hydrogen-bond donors (Lipinski definition) is 2. The lowest BCUT2D eigenvalue weighted by Crippen LogP contribution is -2.12. The largest absolute Gasteiger partial charge is 0.356 e. The van der Waals surface area contributed by atoms with Crippen molar-refractivity contribution in [1.29, 1.82) is 0 Å². The Morgan fingerprint density at radius 1 is 0.846 bits per heavy atom. The minimum atomic E-state index is -0.934. The molecule has 0 aromatic heterocycles. The van der Waals surface area contributed by atoms with Gasteiger partial charge in [0, 0.05) is 45.4 Å². The van der Waals surface area contributed by atoms with E-state index >= 15 is 0 Å². The Bertz CT molecular complexity index is 909. The van der Waals surface area contributed by atoms with Gasteiger partial charge in [-0.15, -0.1) is 0 Å². The predicted octanol–water partition coefficient (Wildman–Crippen LogP) is 4.56. The van der Waals surface area contributed by atoms with Gasteiger partial charge in [-0.1, -0.05) is 30.3 Å². The fourth-order valence-electron chi connectivity index (χ4n) is 2.57. The van der Waals surface area contributed by atoms with Crippen molar-refractivity contribution in [3.63, 3.8) is 0 Å². The first-order chi connectivity index (χ1) is 12.6. The van der Waals surface area contributed by atoms with Crippen LogP contribution in [0.3, 0.4) is 0 Å². The highest BCUT2D eigenvalue weighted by Crippen LogP contribution is 2.19. The summed E-state index contributed by atoms with van der Waals surface area (Å²) in [6.45, 7) is 0. The van der Waals surface area contributed by atoms with Crippen LogP contribution in [0.2, 0.25) is 0 Å². The first-order valence-electron chi connectivity index (χ1n) is 8.22. The lowest BCUT2D eigenvalue weighted by Gasteiger charge is -2.09. The summed E-state index contributed by atoms with van der Waals surface area (Å²) in [6, 6.07) is 24.7. The van der Waals surface area contributed by atoms with Gasteiger partial charge < -0.3 is 10.6 Å². The molecule has 132 valence electrons. The molecule has 1 atom stereocenters. The standard InChI is InChI=1S/C21H20N2O2S/c1-26(25)15-16-6-5-7-17(14-16)21(24)23-20-12-10-19(11-13-20)22-18-8-3-2-4-9-18/h2-14,22H,15H2,1H3,(H,23,24). The third kappa shape index (κ3) is 5.04. The molecule has 0 aliphatic rings. The minimum absolute atomic E-state index is 0.183. The smallest absolute Gasteiger partial charge is 0.255 e. The Morgan fingerprint density at radius 2 is 1.50 bits per heavy atom. The molecule has 0 bridgehead atoms. The zero-order valence-electron chi connectivity index (χ0n) is 14.4. The maximum absolute atomic E-state index is 12.4. The lowest BCUT2D eigenvalue weighted by molar-refractivity contribution is 0.102. The van der Waals surface area contributed by atoms with Gasteiger partial charge in [-0.2, -0.15) is 0 Å². The highest BCUT2D eigenvalue weighted by molar-refractivity contribution is 7.83. The maximum Gasteiger partial charge on any atom is 0.255 e. The van der Waals surface area contributed by atoms with Gasteiger partial charge in [0.15, 0.2) is 0 Å². The molecule has 0 aliphatic heterocycles. The van der Waals surface area contributed by atoms with E-state index in [0.717, 1.165) is 22.6 Å². The topological polar surface area (TPSA) is 58.2 Å². The molecule has 0 saturated heterocycles. The zero-order valence-corrected chi connectivity index (χ0v) is 15.3. The molecule has 2 N–H and O–H groups in total. The summed E-state index contributed by atoms with van der Waals surface area (Å²) in [4.78, 5) is 12.4. The van der Waals surface area contributed by atoms with E-state index < -0.39 is 10.8 Å². The van der Waals surface area contributed by atoms with Crippen LogP contribution in [-0.4, -0.2) is 16.4 Å². The highest BCUT2D eigenvalue weighted by Gasteiger charge is 2.07. The third-order valence-corrected chi connectivity index (χ3v) is 4.50. The van der Waals surface area contributed by atoms with Crippen LogP contribution in [0.4, 0.5) is 17.1 Å². The second-order valence-corrected chi connectivity index (χ2v) is 7.38. The highest BCUT2D eigenvalue weighted by atomic mass is 32.2. The van der Waals surface area contributed by atoms with Crippen LogP contribution in [0.5, 0.6) is 0 Å². The molecule has 1 unspecified atom stereocenters. The summed E-state index contributed by atoms with van der Waals surface area (Å²) in [5, 5.41) is 6.19. The van der Waals surface area contributed by atoms with E-state index in [4.69, 9.17) is 0 Å². The number of amides is 1. The number of nitrogens with one attached hydrogen (secondary N) is 2. The fraction of sp³-hybridized carbons (Fsp3) is 0.0952. The van der Waals surface area contributed by atoms with Gasteiger partial charge in [0.05, 0.1) is 0 Å². The molecule has 0 spiro atoms. The number of para-hydroxylation sites is 1. The second kappa shape index (κ2) is 8.45. The molecule has 3 rings (SSSR count). The quantitative estimate of drug-likeness (QED) is 0.674.